The van der Waals surface area contributed by atoms with Crippen molar-refractivity contribution in [3.63, 3.8) is 0 Å². The molecule has 0 aliphatic carbocycles. The number of rotatable bonds is 4. The average molecular weight is 218 g/mol. The summed E-state index contributed by atoms with van der Waals surface area (Å²) in [6, 6.07) is 8.82. The third kappa shape index (κ3) is 2.70. The first-order valence-electron chi connectivity index (χ1n) is 4.84. The fraction of sp³-hybridized carbons (Fsp3) is 0.167. The van der Waals surface area contributed by atoms with E-state index in [9.17, 15) is 4.79 Å². The summed E-state index contributed by atoms with van der Waals surface area (Å²) in [4.78, 5) is 13.3. The summed E-state index contributed by atoms with van der Waals surface area (Å²) < 4.78 is 0. The first-order valence-corrected chi connectivity index (χ1v) is 4.84. The van der Waals surface area contributed by atoms with Gasteiger partial charge in [0.05, 0.1) is 0 Å². The molecule has 0 aliphatic rings. The Balaban J connectivity index is 2.93. The van der Waals surface area contributed by atoms with Gasteiger partial charge in [0.25, 0.3) is 5.91 Å². The van der Waals surface area contributed by atoms with Gasteiger partial charge in [0.1, 0.15) is 0 Å². The van der Waals surface area contributed by atoms with Gasteiger partial charge in [-0.3, -0.25) is 4.79 Å². The van der Waals surface area contributed by atoms with Gasteiger partial charge < -0.3 is 10.1 Å². The zero-order valence-electron chi connectivity index (χ0n) is 9.13. The first-order chi connectivity index (χ1) is 7.70. The Hall–Kier alpha value is -2.10. The van der Waals surface area contributed by atoms with Gasteiger partial charge in [0, 0.05) is 19.2 Å². The smallest absolute Gasteiger partial charge is 0.276 e. The average Bonchev–Trinajstić information content (AvgIpc) is 2.31. The molecule has 4 nitrogen and oxygen atoms in total. The van der Waals surface area contributed by atoms with E-state index in [1.807, 2.05) is 6.07 Å². The minimum Gasteiger partial charge on any atom is -0.410 e. The van der Waals surface area contributed by atoms with Crippen molar-refractivity contribution in [3.8, 4) is 0 Å². The highest BCUT2D eigenvalue weighted by Gasteiger charge is 2.17. The molecule has 1 aromatic rings. The predicted octanol–water partition coefficient (Wildman–Crippen LogP) is 1.51. The molecule has 0 saturated heterocycles. The van der Waals surface area contributed by atoms with E-state index in [4.69, 9.17) is 5.21 Å². The second-order valence-electron chi connectivity index (χ2n) is 3.29. The Kier molecular flexibility index (Phi) is 4.27. The number of hydrogen-bond donors (Lipinski definition) is 1. The molecule has 1 amide bonds. The number of carbonyl (C=O) groups is 1. The predicted molar refractivity (Wildman–Crippen MR) is 62.6 cm³/mol. The Bertz CT molecular complexity index is 399. The lowest BCUT2D eigenvalue weighted by molar-refractivity contribution is -0.122. The van der Waals surface area contributed by atoms with E-state index < -0.39 is 0 Å². The summed E-state index contributed by atoms with van der Waals surface area (Å²) in [5.41, 5.74) is 0.621. The molecular weight excluding hydrogens is 204 g/mol. The number of nitrogens with zero attached hydrogens (tertiary/aromatic N) is 2. The number of likely N-dealkylation sites (N-methyl/N-ethyl adjacent to an activating group) is 1. The van der Waals surface area contributed by atoms with Gasteiger partial charge in [-0.2, -0.15) is 0 Å². The molecule has 0 aromatic heterocycles. The summed E-state index contributed by atoms with van der Waals surface area (Å²) >= 11 is 0. The zero-order chi connectivity index (χ0) is 12.0. The number of carbonyl (C=O) groups excluding carboxylic acids is 1. The van der Waals surface area contributed by atoms with Gasteiger partial charge in [-0.15, -0.1) is 6.58 Å². The molecule has 0 unspecified atom stereocenters. The highest BCUT2D eigenvalue weighted by molar-refractivity contribution is 6.45. The van der Waals surface area contributed by atoms with E-state index in [1.54, 1.807) is 37.4 Å². The quantitative estimate of drug-likeness (QED) is 0.360. The van der Waals surface area contributed by atoms with Crippen molar-refractivity contribution in [3.05, 3.63) is 48.6 Å². The fourth-order valence-corrected chi connectivity index (χ4v) is 1.28. The molecule has 0 saturated carbocycles. The third-order valence-electron chi connectivity index (χ3n) is 2.10. The monoisotopic (exact) mass is 218 g/mol. The van der Waals surface area contributed by atoms with Gasteiger partial charge in [0.15, 0.2) is 5.71 Å². The molecule has 0 atom stereocenters. The van der Waals surface area contributed by atoms with Crippen LogP contribution in [0.5, 0.6) is 0 Å². The van der Waals surface area contributed by atoms with Gasteiger partial charge >= 0.3 is 0 Å². The molecule has 0 fully saturated rings. The van der Waals surface area contributed by atoms with Crippen molar-refractivity contribution in [2.45, 2.75) is 0 Å². The number of amides is 1. The normalized spacial score (nSPS) is 10.9. The van der Waals surface area contributed by atoms with Crippen molar-refractivity contribution in [2.24, 2.45) is 5.16 Å². The van der Waals surface area contributed by atoms with Crippen molar-refractivity contribution < 1.29 is 10.0 Å². The molecule has 16 heavy (non-hydrogen) atoms. The van der Waals surface area contributed by atoms with Crippen molar-refractivity contribution >= 4 is 11.6 Å². The second-order valence-corrected chi connectivity index (χ2v) is 3.29. The molecular formula is C12H14N2O2. The third-order valence-corrected chi connectivity index (χ3v) is 2.10. The summed E-state index contributed by atoms with van der Waals surface area (Å²) in [5.74, 6) is -0.339. The Morgan fingerprint density at radius 2 is 2.12 bits per heavy atom. The molecule has 0 radical (unpaired) electrons. The van der Waals surface area contributed by atoms with Crippen LogP contribution in [0.1, 0.15) is 5.56 Å². The van der Waals surface area contributed by atoms with Crippen molar-refractivity contribution in [1.29, 1.82) is 0 Å². The molecule has 0 spiro atoms. The maximum atomic E-state index is 11.9. The van der Waals surface area contributed by atoms with Crippen LogP contribution in [0.2, 0.25) is 0 Å². The lowest BCUT2D eigenvalue weighted by Crippen LogP contribution is -2.33. The Morgan fingerprint density at radius 1 is 1.50 bits per heavy atom. The van der Waals surface area contributed by atoms with Gasteiger partial charge in [-0.1, -0.05) is 41.6 Å². The van der Waals surface area contributed by atoms with Crippen LogP contribution in [0.15, 0.2) is 48.1 Å². The van der Waals surface area contributed by atoms with Crippen molar-refractivity contribution in [2.75, 3.05) is 13.6 Å². The van der Waals surface area contributed by atoms with E-state index in [2.05, 4.69) is 11.7 Å². The van der Waals surface area contributed by atoms with Crippen LogP contribution < -0.4 is 0 Å². The minimum absolute atomic E-state index is 0.0324. The highest BCUT2D eigenvalue weighted by atomic mass is 16.4. The lowest BCUT2D eigenvalue weighted by Gasteiger charge is -2.15. The van der Waals surface area contributed by atoms with Crippen LogP contribution in [0.25, 0.3) is 0 Å². The molecule has 84 valence electrons. The molecule has 1 rings (SSSR count). The minimum atomic E-state index is -0.339. The first kappa shape index (κ1) is 12.0. The molecule has 1 N–H and O–H groups in total. The summed E-state index contributed by atoms with van der Waals surface area (Å²) in [5, 5.41) is 11.9. The van der Waals surface area contributed by atoms with Gasteiger partial charge in [-0.05, 0) is 0 Å². The van der Waals surface area contributed by atoms with Crippen LogP contribution in [0, 0.1) is 0 Å². The van der Waals surface area contributed by atoms with Gasteiger partial charge in [-0.25, -0.2) is 0 Å². The molecule has 0 aliphatic heterocycles. The summed E-state index contributed by atoms with van der Waals surface area (Å²) in [6.45, 7) is 3.95. The van der Waals surface area contributed by atoms with Crippen LogP contribution in [0.4, 0.5) is 0 Å². The molecule has 0 bridgehead atoms. The number of benzene rings is 1. The van der Waals surface area contributed by atoms with Crippen LogP contribution in [-0.4, -0.2) is 35.3 Å². The number of oxime groups is 1. The number of hydrogen-bond acceptors (Lipinski definition) is 3. The summed E-state index contributed by atoms with van der Waals surface area (Å²) in [6.07, 6.45) is 1.61. The fourth-order valence-electron chi connectivity index (χ4n) is 1.28. The topological polar surface area (TPSA) is 52.9 Å². The van der Waals surface area contributed by atoms with Crippen molar-refractivity contribution in [1.82, 2.24) is 4.90 Å². The van der Waals surface area contributed by atoms with E-state index in [-0.39, 0.29) is 11.6 Å². The summed E-state index contributed by atoms with van der Waals surface area (Å²) in [7, 11) is 1.62. The standard InChI is InChI=1S/C12H14N2O2/c1-3-9-14(2)12(15)11(13-16)10-7-5-4-6-8-10/h3-8,16H,1,9H2,2H3/b13-11-. The van der Waals surface area contributed by atoms with Crippen LogP contribution in [-0.2, 0) is 4.79 Å². The van der Waals surface area contributed by atoms with E-state index in [0.717, 1.165) is 0 Å². The largest absolute Gasteiger partial charge is 0.410 e. The Labute approximate surface area is 94.5 Å². The lowest BCUT2D eigenvalue weighted by atomic mass is 10.1. The molecule has 0 heterocycles. The van der Waals surface area contributed by atoms with Crippen LogP contribution >= 0.6 is 0 Å². The molecule has 4 heteroatoms. The van der Waals surface area contributed by atoms with E-state index in [1.165, 1.54) is 4.90 Å². The van der Waals surface area contributed by atoms with E-state index >= 15 is 0 Å². The maximum Gasteiger partial charge on any atom is 0.276 e. The molecule has 1 aromatic carbocycles. The van der Waals surface area contributed by atoms with Crippen LogP contribution in [0.3, 0.4) is 0 Å². The highest BCUT2D eigenvalue weighted by Crippen LogP contribution is 2.03. The zero-order valence-corrected chi connectivity index (χ0v) is 9.13. The SMILES string of the molecule is C=CCN(C)C(=O)/C(=N\O)c1ccccc1. The Morgan fingerprint density at radius 3 is 2.62 bits per heavy atom. The second kappa shape index (κ2) is 5.70. The van der Waals surface area contributed by atoms with Gasteiger partial charge in [0.2, 0.25) is 0 Å². The maximum absolute atomic E-state index is 11.9. The van der Waals surface area contributed by atoms with E-state index in [0.29, 0.717) is 12.1 Å².